The Morgan fingerprint density at radius 1 is 1.27 bits per heavy atom. The quantitative estimate of drug-likeness (QED) is 0.699. The van der Waals surface area contributed by atoms with Crippen LogP contribution in [-0.4, -0.2) is 15.0 Å². The van der Waals surface area contributed by atoms with Crippen LogP contribution in [0.1, 0.15) is 38.4 Å². The first-order valence-corrected chi connectivity index (χ1v) is 8.74. The molecule has 0 spiro atoms. The zero-order valence-corrected chi connectivity index (χ0v) is 14.1. The molecule has 1 aliphatic carbocycles. The SMILES string of the molecule is CC(C)(C)C1CCc2nc3sc(-c4ncc[nH]4)cc3cc2C1. The number of pyridine rings is 1. The molecule has 0 saturated heterocycles. The fourth-order valence-corrected chi connectivity index (χ4v) is 4.37. The highest BCUT2D eigenvalue weighted by Gasteiger charge is 2.29. The van der Waals surface area contributed by atoms with Crippen molar-refractivity contribution in [3.63, 3.8) is 0 Å². The highest BCUT2D eigenvalue weighted by molar-refractivity contribution is 7.21. The van der Waals surface area contributed by atoms with Crippen molar-refractivity contribution in [2.24, 2.45) is 11.3 Å². The molecule has 4 rings (SSSR count). The Kier molecular flexibility index (Phi) is 3.12. The van der Waals surface area contributed by atoms with Crippen LogP contribution >= 0.6 is 11.3 Å². The number of hydrogen-bond donors (Lipinski definition) is 1. The second-order valence-corrected chi connectivity index (χ2v) is 8.37. The lowest BCUT2D eigenvalue weighted by Gasteiger charge is -2.34. The largest absolute Gasteiger partial charge is 0.344 e. The minimum absolute atomic E-state index is 0.376. The standard InChI is InChI=1S/C18H21N3S/c1-18(2,3)13-4-5-14-11(9-13)8-12-10-15(22-17(12)21-14)16-19-6-7-20-16/h6-8,10,13H,4-5,9H2,1-3H3,(H,19,20). The van der Waals surface area contributed by atoms with E-state index in [4.69, 9.17) is 4.98 Å². The summed E-state index contributed by atoms with van der Waals surface area (Å²) in [7, 11) is 0. The van der Waals surface area contributed by atoms with Gasteiger partial charge < -0.3 is 4.98 Å². The van der Waals surface area contributed by atoms with Gasteiger partial charge in [0.05, 0.1) is 4.88 Å². The number of aromatic amines is 1. The number of nitrogens with one attached hydrogen (secondary N) is 1. The van der Waals surface area contributed by atoms with Gasteiger partial charge in [-0.3, -0.25) is 0 Å². The summed E-state index contributed by atoms with van der Waals surface area (Å²) in [4.78, 5) is 14.8. The van der Waals surface area contributed by atoms with Gasteiger partial charge in [-0.2, -0.15) is 0 Å². The first-order chi connectivity index (χ1) is 10.5. The fourth-order valence-electron chi connectivity index (χ4n) is 3.38. The predicted octanol–water partition coefficient (Wildman–Crippen LogP) is 4.84. The number of aromatic nitrogens is 3. The summed E-state index contributed by atoms with van der Waals surface area (Å²) in [6.45, 7) is 7.07. The van der Waals surface area contributed by atoms with Crippen LogP contribution in [0, 0.1) is 11.3 Å². The summed E-state index contributed by atoms with van der Waals surface area (Å²) in [5.74, 6) is 1.69. The highest BCUT2D eigenvalue weighted by Crippen LogP contribution is 2.39. The third-order valence-electron chi connectivity index (χ3n) is 4.83. The third kappa shape index (κ3) is 2.35. The van der Waals surface area contributed by atoms with Gasteiger partial charge >= 0.3 is 0 Å². The number of rotatable bonds is 1. The number of hydrogen-bond acceptors (Lipinski definition) is 3. The topological polar surface area (TPSA) is 41.6 Å². The van der Waals surface area contributed by atoms with Gasteiger partial charge in [0.2, 0.25) is 0 Å². The first kappa shape index (κ1) is 13.9. The molecule has 3 aromatic rings. The van der Waals surface area contributed by atoms with Crippen molar-refractivity contribution in [2.75, 3.05) is 0 Å². The predicted molar refractivity (Wildman–Crippen MR) is 92.2 cm³/mol. The second kappa shape index (κ2) is 4.92. The smallest absolute Gasteiger partial charge is 0.147 e. The number of thiophene rings is 1. The second-order valence-electron chi connectivity index (χ2n) is 7.34. The zero-order valence-electron chi connectivity index (χ0n) is 13.3. The highest BCUT2D eigenvalue weighted by atomic mass is 32.1. The van der Waals surface area contributed by atoms with Gasteiger partial charge in [0.25, 0.3) is 0 Å². The van der Waals surface area contributed by atoms with E-state index in [9.17, 15) is 0 Å². The normalized spacial score (nSPS) is 18.6. The lowest BCUT2D eigenvalue weighted by atomic mass is 9.71. The minimum atomic E-state index is 0.376. The Morgan fingerprint density at radius 2 is 2.14 bits per heavy atom. The van der Waals surface area contributed by atoms with Crippen LogP contribution in [0.15, 0.2) is 24.5 Å². The number of nitrogens with zero attached hydrogens (tertiary/aromatic N) is 2. The molecule has 1 atom stereocenters. The molecule has 1 N–H and O–H groups in total. The van der Waals surface area contributed by atoms with Gasteiger partial charge in [0, 0.05) is 23.5 Å². The Bertz CT molecular complexity index is 809. The Hall–Kier alpha value is -1.68. The van der Waals surface area contributed by atoms with Crippen molar-refractivity contribution in [3.05, 3.63) is 35.8 Å². The number of H-pyrrole nitrogens is 1. The molecule has 22 heavy (non-hydrogen) atoms. The molecule has 0 aromatic carbocycles. The van der Waals surface area contributed by atoms with E-state index in [1.54, 1.807) is 17.5 Å². The molecule has 114 valence electrons. The molecular weight excluding hydrogens is 290 g/mol. The van der Waals surface area contributed by atoms with Crippen LogP contribution in [0.2, 0.25) is 0 Å². The maximum absolute atomic E-state index is 4.94. The van der Waals surface area contributed by atoms with E-state index in [0.717, 1.165) is 29.4 Å². The van der Waals surface area contributed by atoms with Gasteiger partial charge in [0.1, 0.15) is 10.7 Å². The van der Waals surface area contributed by atoms with E-state index < -0.39 is 0 Å². The molecule has 0 saturated carbocycles. The maximum atomic E-state index is 4.94. The number of aryl methyl sites for hydroxylation is 1. The summed E-state index contributed by atoms with van der Waals surface area (Å²) in [6, 6.07) is 4.57. The summed E-state index contributed by atoms with van der Waals surface area (Å²) in [5.41, 5.74) is 3.13. The maximum Gasteiger partial charge on any atom is 0.147 e. The lowest BCUT2D eigenvalue weighted by Crippen LogP contribution is -2.27. The van der Waals surface area contributed by atoms with Crippen molar-refractivity contribution < 1.29 is 0 Å². The first-order valence-electron chi connectivity index (χ1n) is 7.93. The van der Waals surface area contributed by atoms with Crippen molar-refractivity contribution in [1.82, 2.24) is 15.0 Å². The van der Waals surface area contributed by atoms with Crippen LogP contribution in [0.3, 0.4) is 0 Å². The Labute approximate surface area is 134 Å². The van der Waals surface area contributed by atoms with E-state index in [1.165, 1.54) is 27.9 Å². The molecular formula is C18H21N3S. The zero-order chi connectivity index (χ0) is 15.3. The lowest BCUT2D eigenvalue weighted by molar-refractivity contribution is 0.215. The molecule has 1 unspecified atom stereocenters. The average molecular weight is 311 g/mol. The summed E-state index contributed by atoms with van der Waals surface area (Å²) >= 11 is 1.73. The van der Waals surface area contributed by atoms with E-state index >= 15 is 0 Å². The van der Waals surface area contributed by atoms with Crippen LogP contribution in [0.5, 0.6) is 0 Å². The van der Waals surface area contributed by atoms with E-state index in [-0.39, 0.29) is 0 Å². The fraction of sp³-hybridized carbons (Fsp3) is 0.444. The molecule has 0 radical (unpaired) electrons. The van der Waals surface area contributed by atoms with E-state index in [0.29, 0.717) is 5.41 Å². The molecule has 0 fully saturated rings. The minimum Gasteiger partial charge on any atom is -0.344 e. The number of imidazole rings is 1. The van der Waals surface area contributed by atoms with Crippen molar-refractivity contribution in [3.8, 4) is 10.7 Å². The average Bonchev–Trinajstić information content (AvgIpc) is 3.11. The van der Waals surface area contributed by atoms with Gasteiger partial charge in [0.15, 0.2) is 0 Å². The van der Waals surface area contributed by atoms with Gasteiger partial charge in [-0.05, 0) is 48.3 Å². The van der Waals surface area contributed by atoms with Crippen LogP contribution in [0.4, 0.5) is 0 Å². The third-order valence-corrected chi connectivity index (χ3v) is 5.88. The van der Waals surface area contributed by atoms with Crippen molar-refractivity contribution >= 4 is 21.6 Å². The van der Waals surface area contributed by atoms with Crippen molar-refractivity contribution in [2.45, 2.75) is 40.0 Å². The van der Waals surface area contributed by atoms with Gasteiger partial charge in [-0.15, -0.1) is 11.3 Å². The molecule has 0 amide bonds. The van der Waals surface area contributed by atoms with Crippen LogP contribution in [0.25, 0.3) is 20.9 Å². The molecule has 4 heteroatoms. The van der Waals surface area contributed by atoms with Crippen molar-refractivity contribution in [1.29, 1.82) is 0 Å². The molecule has 3 aromatic heterocycles. The summed E-state index contributed by atoms with van der Waals surface area (Å²) < 4.78 is 0. The number of fused-ring (bicyclic) bond motifs is 2. The molecule has 3 nitrogen and oxygen atoms in total. The molecule has 1 aliphatic rings. The Morgan fingerprint density at radius 3 is 2.86 bits per heavy atom. The Balaban J connectivity index is 1.75. The monoisotopic (exact) mass is 311 g/mol. The van der Waals surface area contributed by atoms with Crippen LogP contribution < -0.4 is 0 Å². The molecule has 3 heterocycles. The van der Waals surface area contributed by atoms with Gasteiger partial charge in [-0.1, -0.05) is 20.8 Å². The summed E-state index contributed by atoms with van der Waals surface area (Å²) in [6.07, 6.45) is 7.19. The molecule has 0 aliphatic heterocycles. The van der Waals surface area contributed by atoms with E-state index in [1.807, 2.05) is 6.20 Å². The molecule has 0 bridgehead atoms. The van der Waals surface area contributed by atoms with Gasteiger partial charge in [-0.25, -0.2) is 9.97 Å². The van der Waals surface area contributed by atoms with E-state index in [2.05, 4.69) is 42.9 Å². The summed E-state index contributed by atoms with van der Waals surface area (Å²) in [5, 5.41) is 1.25. The van der Waals surface area contributed by atoms with Crippen LogP contribution in [-0.2, 0) is 12.8 Å².